The Kier molecular flexibility index (Phi) is 5.80. The van der Waals surface area contributed by atoms with Gasteiger partial charge in [-0.1, -0.05) is 36.4 Å². The number of aryl methyl sites for hydroxylation is 1. The quantitative estimate of drug-likeness (QED) is 0.540. The van der Waals surface area contributed by atoms with Crippen LogP contribution in [0.15, 0.2) is 70.5 Å². The van der Waals surface area contributed by atoms with Gasteiger partial charge in [-0.3, -0.25) is 19.3 Å². The fraction of sp³-hybridized carbons (Fsp3) is 0.357. The smallest absolute Gasteiger partial charge is 0.278 e. The Morgan fingerprint density at radius 2 is 1.74 bits per heavy atom. The van der Waals surface area contributed by atoms with Crippen LogP contribution in [0.3, 0.4) is 0 Å². The number of pyridine rings is 1. The Hall–Kier alpha value is -3.19. The average molecular weight is 488 g/mol. The lowest BCUT2D eigenvalue weighted by Crippen LogP contribution is -2.63. The van der Waals surface area contributed by atoms with Gasteiger partial charge in [0.1, 0.15) is 6.17 Å². The third-order valence-electron chi connectivity index (χ3n) is 7.38. The van der Waals surface area contributed by atoms with Crippen LogP contribution in [0.2, 0.25) is 0 Å². The summed E-state index contributed by atoms with van der Waals surface area (Å²) in [7, 11) is 0. The molecule has 1 saturated heterocycles. The summed E-state index contributed by atoms with van der Waals surface area (Å²) < 4.78 is 1.74. The number of carbonyl (C=O) groups excluding carboxylic acids is 1. The van der Waals surface area contributed by atoms with Gasteiger partial charge in [-0.2, -0.15) is 0 Å². The number of aromatic hydroxyl groups is 1. The number of hydrogen-bond donors (Lipinski definition) is 1. The van der Waals surface area contributed by atoms with Crippen LogP contribution < -0.4 is 10.4 Å². The van der Waals surface area contributed by atoms with E-state index in [2.05, 4.69) is 53.5 Å². The SMILES string of the molecule is O=C1c2c(O)c(=O)ccn2N(C2c3cccc(c3)CCCCSc3cccc2c3)C2CCCCN12. The zero-order valence-corrected chi connectivity index (χ0v) is 20.4. The van der Waals surface area contributed by atoms with E-state index in [1.165, 1.54) is 22.9 Å². The highest BCUT2D eigenvalue weighted by molar-refractivity contribution is 7.99. The van der Waals surface area contributed by atoms with Crippen LogP contribution in [0.4, 0.5) is 0 Å². The van der Waals surface area contributed by atoms with Crippen molar-refractivity contribution in [2.75, 3.05) is 17.3 Å². The number of hydrogen-bond acceptors (Lipinski definition) is 5. The van der Waals surface area contributed by atoms with Crippen molar-refractivity contribution < 1.29 is 9.90 Å². The normalized spacial score (nSPS) is 22.0. The molecule has 1 amide bonds. The standard InChI is InChI=1S/C28H29N3O3S/c32-23-13-15-30-26(27(23)33)28(34)29-14-3-1-12-24(29)31(30)25-20-9-5-8-19(17-20)7-2-4-16-35-22-11-6-10-21(25)18-22/h5-6,8-11,13,15,17-18,24-25,33H,1-4,7,12,14,16H2. The van der Waals surface area contributed by atoms with E-state index in [0.717, 1.165) is 49.0 Å². The zero-order valence-electron chi connectivity index (χ0n) is 19.6. The predicted octanol–water partition coefficient (Wildman–Crippen LogP) is 4.68. The van der Waals surface area contributed by atoms with Gasteiger partial charge in [0.25, 0.3) is 5.91 Å². The molecule has 0 radical (unpaired) electrons. The van der Waals surface area contributed by atoms with Gasteiger partial charge in [0, 0.05) is 23.7 Å². The maximum absolute atomic E-state index is 13.5. The first-order valence-corrected chi connectivity index (χ1v) is 13.5. The molecule has 7 heteroatoms. The first-order valence-electron chi connectivity index (χ1n) is 12.5. The molecule has 4 bridgehead atoms. The summed E-state index contributed by atoms with van der Waals surface area (Å²) in [5.41, 5.74) is 3.12. The molecule has 1 fully saturated rings. The van der Waals surface area contributed by atoms with Crippen LogP contribution in [0.25, 0.3) is 0 Å². The molecule has 1 N–H and O–H groups in total. The molecule has 0 aliphatic carbocycles. The molecule has 35 heavy (non-hydrogen) atoms. The second kappa shape index (κ2) is 9.11. The van der Waals surface area contributed by atoms with Gasteiger partial charge in [-0.05, 0) is 73.1 Å². The number of benzene rings is 2. The van der Waals surface area contributed by atoms with E-state index in [1.807, 2.05) is 16.7 Å². The molecule has 0 saturated carbocycles. The second-order valence-corrected chi connectivity index (χ2v) is 10.8. The fourth-order valence-corrected chi connectivity index (χ4v) is 6.70. The van der Waals surface area contributed by atoms with Crippen molar-refractivity contribution in [2.45, 2.75) is 55.6 Å². The van der Waals surface area contributed by atoms with E-state index < -0.39 is 11.2 Å². The number of amides is 1. The molecule has 2 aromatic carbocycles. The zero-order chi connectivity index (χ0) is 23.9. The molecule has 6 rings (SSSR count). The lowest BCUT2D eigenvalue weighted by atomic mass is 9.93. The van der Waals surface area contributed by atoms with E-state index in [9.17, 15) is 14.7 Å². The van der Waals surface area contributed by atoms with Crippen LogP contribution in [0.1, 0.15) is 65.3 Å². The van der Waals surface area contributed by atoms with Crippen LogP contribution in [0, 0.1) is 0 Å². The van der Waals surface area contributed by atoms with Crippen molar-refractivity contribution in [2.24, 2.45) is 0 Å². The first kappa shape index (κ1) is 22.3. The van der Waals surface area contributed by atoms with Crippen molar-refractivity contribution in [1.29, 1.82) is 0 Å². The number of carbonyl (C=O) groups is 1. The number of nitrogens with zero attached hydrogens (tertiary/aromatic N) is 3. The van der Waals surface area contributed by atoms with Crippen molar-refractivity contribution in [3.05, 3.63) is 93.4 Å². The Morgan fingerprint density at radius 3 is 2.63 bits per heavy atom. The Morgan fingerprint density at radius 1 is 0.914 bits per heavy atom. The van der Waals surface area contributed by atoms with Crippen molar-refractivity contribution in [3.63, 3.8) is 0 Å². The number of thioether (sulfide) groups is 1. The molecule has 6 nitrogen and oxygen atoms in total. The molecule has 3 aliphatic rings. The minimum Gasteiger partial charge on any atom is -0.502 e. The van der Waals surface area contributed by atoms with E-state index in [4.69, 9.17) is 0 Å². The molecule has 180 valence electrons. The van der Waals surface area contributed by atoms with Crippen LogP contribution >= 0.6 is 11.8 Å². The van der Waals surface area contributed by atoms with Crippen LogP contribution in [0.5, 0.6) is 5.75 Å². The van der Waals surface area contributed by atoms with Crippen molar-refractivity contribution in [3.8, 4) is 5.75 Å². The fourth-order valence-electron chi connectivity index (χ4n) is 5.72. The summed E-state index contributed by atoms with van der Waals surface area (Å²) in [5, 5.41) is 12.9. The largest absolute Gasteiger partial charge is 0.502 e. The first-order chi connectivity index (χ1) is 17.1. The number of fused-ring (bicyclic) bond motifs is 6. The maximum Gasteiger partial charge on any atom is 0.278 e. The minimum absolute atomic E-state index is 0.0588. The van der Waals surface area contributed by atoms with E-state index in [1.54, 1.807) is 10.9 Å². The van der Waals surface area contributed by atoms with Crippen LogP contribution in [-0.2, 0) is 6.42 Å². The van der Waals surface area contributed by atoms with Gasteiger partial charge in [0.05, 0.1) is 6.04 Å². The van der Waals surface area contributed by atoms with Gasteiger partial charge in [-0.15, -0.1) is 11.8 Å². The minimum atomic E-state index is -0.529. The van der Waals surface area contributed by atoms with Gasteiger partial charge in [0.2, 0.25) is 5.43 Å². The van der Waals surface area contributed by atoms with E-state index >= 15 is 0 Å². The molecule has 2 atom stereocenters. The predicted molar refractivity (Wildman–Crippen MR) is 138 cm³/mol. The molecule has 2 unspecified atom stereocenters. The van der Waals surface area contributed by atoms with Gasteiger partial charge in [-0.25, -0.2) is 0 Å². The molecule has 4 heterocycles. The summed E-state index contributed by atoms with van der Waals surface area (Å²) in [6, 6.07) is 18.6. The van der Waals surface area contributed by atoms with Crippen LogP contribution in [-0.4, -0.2) is 39.1 Å². The number of aromatic nitrogens is 1. The Labute approximate surface area is 209 Å². The van der Waals surface area contributed by atoms with E-state index in [-0.39, 0.29) is 23.8 Å². The summed E-state index contributed by atoms with van der Waals surface area (Å²) in [4.78, 5) is 28.9. The summed E-state index contributed by atoms with van der Waals surface area (Å²) in [5.74, 6) is 0.338. The number of piperidine rings is 1. The molecule has 3 aromatic rings. The lowest BCUT2D eigenvalue weighted by molar-refractivity contribution is 0.0462. The van der Waals surface area contributed by atoms with Crippen molar-refractivity contribution in [1.82, 2.24) is 9.58 Å². The molecule has 3 aliphatic heterocycles. The summed E-state index contributed by atoms with van der Waals surface area (Å²) in [6.07, 6.45) is 7.62. The molecule has 1 aromatic heterocycles. The second-order valence-electron chi connectivity index (χ2n) is 9.60. The van der Waals surface area contributed by atoms with E-state index in [0.29, 0.717) is 6.54 Å². The monoisotopic (exact) mass is 487 g/mol. The Balaban J connectivity index is 1.61. The van der Waals surface area contributed by atoms with Gasteiger partial charge < -0.3 is 10.0 Å². The summed E-state index contributed by atoms with van der Waals surface area (Å²) >= 11 is 1.89. The number of rotatable bonds is 1. The van der Waals surface area contributed by atoms with Gasteiger partial charge in [0.15, 0.2) is 11.4 Å². The highest BCUT2D eigenvalue weighted by Gasteiger charge is 2.44. The van der Waals surface area contributed by atoms with Crippen molar-refractivity contribution >= 4 is 17.7 Å². The molecular weight excluding hydrogens is 458 g/mol. The third kappa shape index (κ3) is 3.92. The summed E-state index contributed by atoms with van der Waals surface area (Å²) in [6.45, 7) is 0.616. The average Bonchev–Trinajstić information content (AvgIpc) is 2.88. The molecule has 0 spiro atoms. The topological polar surface area (TPSA) is 65.8 Å². The van der Waals surface area contributed by atoms with Gasteiger partial charge >= 0.3 is 0 Å². The highest BCUT2D eigenvalue weighted by atomic mass is 32.2. The third-order valence-corrected chi connectivity index (χ3v) is 8.46. The Bertz CT molecular complexity index is 1290. The highest BCUT2D eigenvalue weighted by Crippen LogP contribution is 2.39. The maximum atomic E-state index is 13.5. The lowest BCUT2D eigenvalue weighted by Gasteiger charge is -2.51. The molecular formula is C28H29N3O3S.